The first-order chi connectivity index (χ1) is 14.0. The summed E-state index contributed by atoms with van der Waals surface area (Å²) >= 11 is 0. The molecule has 0 heterocycles. The van der Waals surface area contributed by atoms with Gasteiger partial charge in [0.1, 0.15) is 11.5 Å². The molecule has 0 saturated carbocycles. The normalized spacial score (nSPS) is 12.7. The van der Waals surface area contributed by atoms with Gasteiger partial charge in [0.2, 0.25) is 0 Å². The second-order valence-electron chi connectivity index (χ2n) is 6.44. The third-order valence-corrected chi connectivity index (χ3v) is 3.97. The van der Waals surface area contributed by atoms with E-state index in [4.69, 9.17) is 20.1 Å². The Morgan fingerprint density at radius 1 is 0.933 bits per heavy atom. The molecule has 2 rings (SSSR count). The van der Waals surface area contributed by atoms with Crippen LogP contribution in [-0.2, 0) is 12.4 Å². The average molecular weight is 430 g/mol. The average Bonchev–Trinajstić information content (AvgIpc) is 2.68. The van der Waals surface area contributed by atoms with E-state index in [1.165, 1.54) is 18.2 Å². The van der Waals surface area contributed by atoms with Crippen LogP contribution in [0.2, 0.25) is 0 Å². The fourth-order valence-corrected chi connectivity index (χ4v) is 2.47. The van der Waals surface area contributed by atoms with E-state index in [2.05, 4.69) is 0 Å². The lowest BCUT2D eigenvalue weighted by Gasteiger charge is -2.17. The van der Waals surface area contributed by atoms with E-state index < -0.39 is 29.0 Å². The minimum atomic E-state index is -4.71. The summed E-state index contributed by atoms with van der Waals surface area (Å²) in [5.41, 5.74) is -2.94. The van der Waals surface area contributed by atoms with Gasteiger partial charge in [-0.3, -0.25) is 0 Å². The molecule has 0 spiro atoms. The van der Waals surface area contributed by atoms with E-state index in [0.29, 0.717) is 6.21 Å². The Kier molecular flexibility index (Phi) is 6.97. The lowest BCUT2D eigenvalue weighted by molar-refractivity contribution is -0.138. The Morgan fingerprint density at radius 2 is 1.43 bits per heavy atom. The van der Waals surface area contributed by atoms with E-state index in [9.17, 15) is 26.3 Å². The summed E-state index contributed by atoms with van der Waals surface area (Å²) in [4.78, 5) is 0. The summed E-state index contributed by atoms with van der Waals surface area (Å²) in [6.45, 7) is 1.53. The predicted molar refractivity (Wildman–Crippen MR) is 95.6 cm³/mol. The van der Waals surface area contributed by atoms with Crippen molar-refractivity contribution in [3.8, 4) is 17.6 Å². The zero-order valence-electron chi connectivity index (χ0n) is 15.6. The molecule has 0 saturated heterocycles. The van der Waals surface area contributed by atoms with Gasteiger partial charge < -0.3 is 14.9 Å². The summed E-state index contributed by atoms with van der Waals surface area (Å²) in [5, 5.41) is 15.8. The minimum Gasteiger partial charge on any atom is -0.493 e. The van der Waals surface area contributed by atoms with Gasteiger partial charge in [0.05, 0.1) is 36.0 Å². The molecule has 0 fully saturated rings. The van der Waals surface area contributed by atoms with E-state index >= 15 is 0 Å². The Hall–Kier alpha value is -3.22. The van der Waals surface area contributed by atoms with Crippen LogP contribution in [0.3, 0.4) is 0 Å². The maximum atomic E-state index is 13.0. The maximum absolute atomic E-state index is 13.0. The van der Waals surface area contributed by atoms with Crippen molar-refractivity contribution >= 4 is 6.21 Å². The maximum Gasteiger partial charge on any atom is 0.417 e. The monoisotopic (exact) mass is 430 g/mol. The Bertz CT molecular complexity index is 948. The molecule has 30 heavy (non-hydrogen) atoms. The largest absolute Gasteiger partial charge is 0.493 e. The first kappa shape index (κ1) is 23.1. The zero-order valence-corrected chi connectivity index (χ0v) is 15.6. The van der Waals surface area contributed by atoms with Crippen LogP contribution in [-0.4, -0.2) is 19.4 Å². The van der Waals surface area contributed by atoms with Crippen molar-refractivity contribution in [2.45, 2.75) is 19.3 Å². The van der Waals surface area contributed by atoms with Gasteiger partial charge in [-0.15, -0.1) is 0 Å². The fourth-order valence-electron chi connectivity index (χ4n) is 2.47. The van der Waals surface area contributed by atoms with Gasteiger partial charge in [0.25, 0.3) is 0 Å². The zero-order chi connectivity index (χ0) is 22.5. The highest BCUT2D eigenvalue weighted by molar-refractivity contribution is 5.80. The molecular formula is C20H16F6N2O2. The SMILES string of the molecule is CC(COc1ccc(C#N)c(C(F)(F)F)c1)COc1ccc(C=N)c(C(F)(F)F)c1. The van der Waals surface area contributed by atoms with Gasteiger partial charge in [0.15, 0.2) is 0 Å². The summed E-state index contributed by atoms with van der Waals surface area (Å²) < 4.78 is 88.6. The van der Waals surface area contributed by atoms with Crippen molar-refractivity contribution in [2.24, 2.45) is 5.92 Å². The number of nitrogens with one attached hydrogen (secondary N) is 1. The van der Waals surface area contributed by atoms with Crippen molar-refractivity contribution in [3.63, 3.8) is 0 Å². The quantitative estimate of drug-likeness (QED) is 0.454. The fraction of sp³-hybridized carbons (Fsp3) is 0.300. The minimum absolute atomic E-state index is 0.0519. The highest BCUT2D eigenvalue weighted by atomic mass is 19.4. The predicted octanol–water partition coefficient (Wildman–Crippen LogP) is 5.69. The number of rotatable bonds is 7. The van der Waals surface area contributed by atoms with Crippen molar-refractivity contribution in [1.29, 1.82) is 10.7 Å². The molecule has 1 unspecified atom stereocenters. The summed E-state index contributed by atoms with van der Waals surface area (Å²) in [7, 11) is 0. The number of halogens is 6. The van der Waals surface area contributed by atoms with Crippen LogP contribution < -0.4 is 9.47 Å². The molecule has 1 atom stereocenters. The van der Waals surface area contributed by atoms with Gasteiger partial charge in [-0.25, -0.2) is 0 Å². The van der Waals surface area contributed by atoms with Crippen molar-refractivity contribution in [1.82, 2.24) is 0 Å². The number of nitrogens with zero attached hydrogens (tertiary/aromatic N) is 1. The topological polar surface area (TPSA) is 66.1 Å². The smallest absolute Gasteiger partial charge is 0.417 e. The second-order valence-corrected chi connectivity index (χ2v) is 6.44. The van der Waals surface area contributed by atoms with E-state index in [1.807, 2.05) is 0 Å². The number of nitriles is 1. The summed E-state index contributed by atoms with van der Waals surface area (Å²) in [6.07, 6.45) is -8.76. The van der Waals surface area contributed by atoms with Gasteiger partial charge in [0, 0.05) is 17.7 Å². The molecule has 0 bridgehead atoms. The summed E-state index contributed by atoms with van der Waals surface area (Å²) in [6, 6.07) is 7.60. The molecular weight excluding hydrogens is 414 g/mol. The van der Waals surface area contributed by atoms with Crippen LogP contribution in [0.1, 0.15) is 29.2 Å². The first-order valence-electron chi connectivity index (χ1n) is 8.54. The van der Waals surface area contributed by atoms with Gasteiger partial charge in [-0.1, -0.05) is 6.92 Å². The van der Waals surface area contributed by atoms with Crippen LogP contribution in [0.25, 0.3) is 0 Å². The third kappa shape index (κ3) is 5.89. The molecule has 2 aromatic rings. The molecule has 0 radical (unpaired) electrons. The van der Waals surface area contributed by atoms with Crippen LogP contribution in [0.15, 0.2) is 36.4 Å². The Balaban J connectivity index is 2.00. The van der Waals surface area contributed by atoms with Gasteiger partial charge in [-0.2, -0.15) is 31.6 Å². The molecule has 0 amide bonds. The highest BCUT2D eigenvalue weighted by Crippen LogP contribution is 2.35. The third-order valence-electron chi connectivity index (χ3n) is 3.97. The molecule has 0 aliphatic heterocycles. The lowest BCUT2D eigenvalue weighted by atomic mass is 10.1. The second kappa shape index (κ2) is 9.07. The Morgan fingerprint density at radius 3 is 1.90 bits per heavy atom. The molecule has 160 valence electrons. The molecule has 2 aromatic carbocycles. The van der Waals surface area contributed by atoms with Crippen LogP contribution in [0, 0.1) is 22.7 Å². The molecule has 4 nitrogen and oxygen atoms in total. The first-order valence-corrected chi connectivity index (χ1v) is 8.54. The van der Waals surface area contributed by atoms with E-state index in [1.54, 1.807) is 6.92 Å². The molecule has 1 N–H and O–H groups in total. The van der Waals surface area contributed by atoms with E-state index in [0.717, 1.165) is 24.3 Å². The van der Waals surface area contributed by atoms with Crippen LogP contribution in [0.4, 0.5) is 26.3 Å². The number of hydrogen-bond donors (Lipinski definition) is 1. The highest BCUT2D eigenvalue weighted by Gasteiger charge is 2.34. The van der Waals surface area contributed by atoms with Crippen molar-refractivity contribution < 1.29 is 35.8 Å². The Labute approximate surface area is 168 Å². The molecule has 0 aliphatic carbocycles. The number of alkyl halides is 6. The van der Waals surface area contributed by atoms with Crippen LogP contribution in [0.5, 0.6) is 11.5 Å². The van der Waals surface area contributed by atoms with Crippen molar-refractivity contribution in [3.05, 3.63) is 58.7 Å². The molecule has 0 aliphatic rings. The number of ether oxygens (including phenoxy) is 2. The number of hydrogen-bond acceptors (Lipinski definition) is 4. The van der Waals surface area contributed by atoms with Gasteiger partial charge >= 0.3 is 12.4 Å². The van der Waals surface area contributed by atoms with Gasteiger partial charge in [-0.05, 0) is 36.4 Å². The lowest BCUT2D eigenvalue weighted by Crippen LogP contribution is -2.17. The van der Waals surface area contributed by atoms with Crippen molar-refractivity contribution in [2.75, 3.05) is 13.2 Å². The van der Waals surface area contributed by atoms with Crippen LogP contribution >= 0.6 is 0 Å². The number of benzene rings is 2. The standard InChI is InChI=1S/C20H16F6N2O2/c1-12(10-29-15-4-2-13(8-27)17(6-15)19(21,22)23)11-30-16-5-3-14(9-28)18(7-16)20(24,25)26/h2-8,12,27H,10-11H2,1H3. The molecule has 0 aromatic heterocycles. The van der Waals surface area contributed by atoms with E-state index in [-0.39, 0.29) is 36.2 Å². The summed E-state index contributed by atoms with van der Waals surface area (Å²) in [5.74, 6) is -0.521. The molecule has 10 heteroatoms.